The molecule has 0 saturated carbocycles. The summed E-state index contributed by atoms with van der Waals surface area (Å²) in [5.74, 6) is 0. The summed E-state index contributed by atoms with van der Waals surface area (Å²) in [6.45, 7) is 1.99. The molecule has 2 aromatic carbocycles. The fourth-order valence-corrected chi connectivity index (χ4v) is 3.62. The Hall–Kier alpha value is -2.26. The van der Waals surface area contributed by atoms with Crippen LogP contribution in [0.1, 0.15) is 5.56 Å². The van der Waals surface area contributed by atoms with Crippen LogP contribution in [-0.2, 0) is 10.8 Å². The van der Waals surface area contributed by atoms with Gasteiger partial charge in [0.15, 0.2) is 0 Å². The van der Waals surface area contributed by atoms with Crippen molar-refractivity contribution in [2.75, 3.05) is 0 Å². The van der Waals surface area contributed by atoms with E-state index >= 15 is 0 Å². The molecule has 3 heteroatoms. The summed E-state index contributed by atoms with van der Waals surface area (Å²) in [5, 5.41) is 0.587. The van der Waals surface area contributed by atoms with Crippen LogP contribution in [0.4, 0.5) is 0 Å². The largest absolute Gasteiger partial charge is 0.247 e. The Morgan fingerprint density at radius 1 is 0.857 bits per heavy atom. The molecule has 1 aromatic heterocycles. The number of benzene rings is 2. The normalized spacial score (nSPS) is 12.0. The van der Waals surface area contributed by atoms with Crippen LogP contribution in [0.3, 0.4) is 0 Å². The highest BCUT2D eigenvalue weighted by atomic mass is 32.2. The summed E-state index contributed by atoms with van der Waals surface area (Å²) < 4.78 is 12.9. The van der Waals surface area contributed by atoms with Crippen molar-refractivity contribution in [1.29, 1.82) is 0 Å². The third-order valence-electron chi connectivity index (χ3n) is 3.31. The van der Waals surface area contributed by atoms with Crippen LogP contribution in [0.5, 0.6) is 0 Å². The molecule has 1 heterocycles. The fourth-order valence-electron chi connectivity index (χ4n) is 2.30. The predicted octanol–water partition coefficient (Wildman–Crippen LogP) is 4.22. The fraction of sp³-hybridized carbons (Fsp3) is 0.0556. The minimum atomic E-state index is -1.28. The van der Waals surface area contributed by atoms with Gasteiger partial charge in [-0.3, -0.25) is 0 Å². The number of nitrogens with zero attached hydrogens (tertiary/aromatic N) is 1. The molecule has 1 unspecified atom stereocenters. The number of aryl methyl sites for hydroxylation is 1. The highest BCUT2D eigenvalue weighted by Gasteiger charge is 2.16. The van der Waals surface area contributed by atoms with E-state index in [1.807, 2.05) is 67.6 Å². The Morgan fingerprint density at radius 2 is 1.62 bits per heavy atom. The van der Waals surface area contributed by atoms with Crippen LogP contribution in [0, 0.1) is 6.92 Å². The highest BCUT2D eigenvalue weighted by molar-refractivity contribution is 7.85. The Balaban J connectivity index is 2.17. The van der Waals surface area contributed by atoms with Crippen molar-refractivity contribution >= 4 is 10.8 Å². The smallest absolute Gasteiger partial charge is 0.132 e. The number of pyridine rings is 1. The van der Waals surface area contributed by atoms with E-state index in [2.05, 4.69) is 4.98 Å². The second-order valence-corrected chi connectivity index (χ2v) is 6.12. The zero-order valence-electron chi connectivity index (χ0n) is 11.7. The van der Waals surface area contributed by atoms with Gasteiger partial charge in [-0.1, -0.05) is 54.6 Å². The second kappa shape index (κ2) is 6.02. The average molecular weight is 293 g/mol. The van der Waals surface area contributed by atoms with Gasteiger partial charge in [0.05, 0.1) is 4.90 Å². The van der Waals surface area contributed by atoms with Gasteiger partial charge in [-0.05, 0) is 35.7 Å². The van der Waals surface area contributed by atoms with Crippen molar-refractivity contribution in [2.45, 2.75) is 16.8 Å². The molecular weight excluding hydrogens is 278 g/mol. The summed E-state index contributed by atoms with van der Waals surface area (Å²) in [6.07, 6.45) is 1.67. The van der Waals surface area contributed by atoms with E-state index < -0.39 is 10.8 Å². The Morgan fingerprint density at radius 3 is 2.33 bits per heavy atom. The van der Waals surface area contributed by atoms with Crippen molar-refractivity contribution in [1.82, 2.24) is 4.98 Å². The molecule has 2 nitrogen and oxygen atoms in total. The summed E-state index contributed by atoms with van der Waals surface area (Å²) in [6, 6.07) is 21.5. The van der Waals surface area contributed by atoms with Crippen molar-refractivity contribution in [3.05, 3.63) is 78.5 Å². The van der Waals surface area contributed by atoms with E-state index in [1.54, 1.807) is 12.3 Å². The summed E-state index contributed by atoms with van der Waals surface area (Å²) in [4.78, 5) is 5.07. The Labute approximate surface area is 127 Å². The molecule has 0 fully saturated rings. The first-order valence-electron chi connectivity index (χ1n) is 6.75. The average Bonchev–Trinajstić information content (AvgIpc) is 2.55. The van der Waals surface area contributed by atoms with Crippen LogP contribution < -0.4 is 0 Å². The van der Waals surface area contributed by atoms with Crippen LogP contribution >= 0.6 is 0 Å². The van der Waals surface area contributed by atoms with Crippen molar-refractivity contribution in [3.63, 3.8) is 0 Å². The lowest BCUT2D eigenvalue weighted by Crippen LogP contribution is -2.00. The van der Waals surface area contributed by atoms with E-state index in [9.17, 15) is 4.21 Å². The number of hydrogen-bond acceptors (Lipinski definition) is 2. The number of rotatable bonds is 3. The lowest BCUT2D eigenvalue weighted by atomic mass is 10.0. The van der Waals surface area contributed by atoms with E-state index in [4.69, 9.17) is 0 Å². The van der Waals surface area contributed by atoms with Gasteiger partial charge in [0.25, 0.3) is 0 Å². The molecule has 1 atom stereocenters. The highest BCUT2D eigenvalue weighted by Crippen LogP contribution is 2.30. The van der Waals surface area contributed by atoms with Gasteiger partial charge in [-0.25, -0.2) is 9.19 Å². The summed E-state index contributed by atoms with van der Waals surface area (Å²) in [7, 11) is -1.28. The van der Waals surface area contributed by atoms with Crippen molar-refractivity contribution < 1.29 is 4.21 Å². The predicted molar refractivity (Wildman–Crippen MR) is 85.5 cm³/mol. The first-order valence-corrected chi connectivity index (χ1v) is 7.90. The van der Waals surface area contributed by atoms with Crippen molar-refractivity contribution in [3.8, 4) is 11.1 Å². The van der Waals surface area contributed by atoms with Crippen LogP contribution in [-0.4, -0.2) is 9.19 Å². The second-order valence-electron chi connectivity index (χ2n) is 4.75. The van der Waals surface area contributed by atoms with Gasteiger partial charge in [-0.2, -0.15) is 0 Å². The van der Waals surface area contributed by atoms with Crippen molar-refractivity contribution in [2.24, 2.45) is 0 Å². The molecule has 0 amide bonds. The lowest BCUT2D eigenvalue weighted by Gasteiger charge is -2.12. The minimum absolute atomic E-state index is 0.587. The molecule has 0 aliphatic rings. The molecule has 21 heavy (non-hydrogen) atoms. The molecule has 0 N–H and O–H groups in total. The van der Waals surface area contributed by atoms with Gasteiger partial charge in [0.2, 0.25) is 0 Å². The maximum absolute atomic E-state index is 12.9. The van der Waals surface area contributed by atoms with Gasteiger partial charge >= 0.3 is 0 Å². The molecule has 3 aromatic rings. The van der Waals surface area contributed by atoms with E-state index in [0.717, 1.165) is 21.6 Å². The summed E-state index contributed by atoms with van der Waals surface area (Å²) in [5.41, 5.74) is 3.08. The van der Waals surface area contributed by atoms with E-state index in [-0.39, 0.29) is 0 Å². The molecule has 0 spiro atoms. The number of aromatic nitrogens is 1. The monoisotopic (exact) mass is 293 g/mol. The molecular formula is C18H15NOS. The third kappa shape index (κ3) is 2.78. The van der Waals surface area contributed by atoms with E-state index in [1.165, 1.54) is 0 Å². The van der Waals surface area contributed by atoms with Gasteiger partial charge in [0.1, 0.15) is 15.8 Å². The van der Waals surface area contributed by atoms with Gasteiger partial charge < -0.3 is 0 Å². The molecule has 0 aliphatic carbocycles. The molecule has 0 bridgehead atoms. The topological polar surface area (TPSA) is 30.0 Å². The van der Waals surface area contributed by atoms with Gasteiger partial charge in [0, 0.05) is 6.20 Å². The minimum Gasteiger partial charge on any atom is -0.247 e. The lowest BCUT2D eigenvalue weighted by molar-refractivity contribution is 0.680. The molecule has 0 radical (unpaired) electrons. The zero-order valence-corrected chi connectivity index (χ0v) is 12.5. The third-order valence-corrected chi connectivity index (χ3v) is 4.84. The first-order chi connectivity index (χ1) is 10.3. The standard InChI is InChI=1S/C18H15NOS/c1-14-8-7-11-16(15-9-3-2-4-10-15)18(14)21(20)17-12-5-6-13-19-17/h2-13H,1H3. The Kier molecular flexibility index (Phi) is 3.93. The Bertz CT molecular complexity index is 770. The zero-order chi connectivity index (χ0) is 14.7. The molecule has 0 aliphatic heterocycles. The number of hydrogen-bond donors (Lipinski definition) is 0. The van der Waals surface area contributed by atoms with Gasteiger partial charge in [-0.15, -0.1) is 0 Å². The summed E-state index contributed by atoms with van der Waals surface area (Å²) >= 11 is 0. The molecule has 0 saturated heterocycles. The first kappa shape index (κ1) is 13.7. The maximum Gasteiger partial charge on any atom is 0.132 e. The van der Waals surface area contributed by atoms with Crippen LogP contribution in [0.25, 0.3) is 11.1 Å². The maximum atomic E-state index is 12.9. The quantitative estimate of drug-likeness (QED) is 0.723. The van der Waals surface area contributed by atoms with Crippen LogP contribution in [0.2, 0.25) is 0 Å². The molecule has 104 valence electrons. The van der Waals surface area contributed by atoms with E-state index in [0.29, 0.717) is 5.03 Å². The molecule has 3 rings (SSSR count). The SMILES string of the molecule is Cc1cccc(-c2ccccc2)c1S(=O)c1ccccn1. The van der Waals surface area contributed by atoms with Crippen LogP contribution in [0.15, 0.2) is 82.8 Å².